The van der Waals surface area contributed by atoms with Crippen molar-refractivity contribution in [3.63, 3.8) is 0 Å². The molecule has 0 saturated heterocycles. The van der Waals surface area contributed by atoms with E-state index in [1.54, 1.807) is 23.9 Å². The molecule has 1 heterocycles. The average Bonchev–Trinajstić information content (AvgIpc) is 2.66. The van der Waals surface area contributed by atoms with Crippen LogP contribution in [-0.4, -0.2) is 18.8 Å². The van der Waals surface area contributed by atoms with Gasteiger partial charge in [0, 0.05) is 28.1 Å². The smallest absolute Gasteiger partial charge is 0.336 e. The Kier molecular flexibility index (Phi) is 6.19. The predicted octanol–water partition coefficient (Wildman–Crippen LogP) is 4.48. The first-order chi connectivity index (χ1) is 13.1. The highest BCUT2D eigenvalue weighted by Crippen LogP contribution is 2.24. The van der Waals surface area contributed by atoms with E-state index in [9.17, 15) is 9.59 Å². The summed E-state index contributed by atoms with van der Waals surface area (Å²) in [6.45, 7) is 1.93. The lowest BCUT2D eigenvalue weighted by atomic mass is 10.1. The minimum absolute atomic E-state index is 0.131. The van der Waals surface area contributed by atoms with Gasteiger partial charge in [-0.05, 0) is 48.6 Å². The van der Waals surface area contributed by atoms with Crippen molar-refractivity contribution >= 4 is 34.3 Å². The Hall–Kier alpha value is -2.73. The van der Waals surface area contributed by atoms with Gasteiger partial charge in [0.05, 0.1) is 0 Å². The quantitative estimate of drug-likeness (QED) is 0.481. The number of carbonyl (C=O) groups excluding carboxylic acids is 1. The Morgan fingerprint density at radius 1 is 1.19 bits per heavy atom. The predicted molar refractivity (Wildman–Crippen MR) is 109 cm³/mol. The molecule has 3 aromatic rings. The molecule has 5 nitrogen and oxygen atoms in total. The number of hydrogen-bond acceptors (Lipinski definition) is 5. The van der Waals surface area contributed by atoms with E-state index < -0.39 is 0 Å². The molecule has 0 aliphatic heterocycles. The number of thioether (sulfide) groups is 1. The first kappa shape index (κ1) is 19.0. The fourth-order valence-electron chi connectivity index (χ4n) is 2.82. The minimum Gasteiger partial charge on any atom is -0.484 e. The van der Waals surface area contributed by atoms with Gasteiger partial charge in [-0.3, -0.25) is 4.79 Å². The number of anilines is 1. The third-order valence-electron chi connectivity index (χ3n) is 4.04. The molecule has 1 aromatic heterocycles. The highest BCUT2D eigenvalue weighted by molar-refractivity contribution is 7.98. The Balaban J connectivity index is 1.69. The molecule has 0 saturated carbocycles. The van der Waals surface area contributed by atoms with Gasteiger partial charge < -0.3 is 14.5 Å². The van der Waals surface area contributed by atoms with E-state index in [0.29, 0.717) is 11.3 Å². The van der Waals surface area contributed by atoms with Gasteiger partial charge in [-0.15, -0.1) is 11.8 Å². The third-order valence-corrected chi connectivity index (χ3v) is 4.77. The molecule has 0 radical (unpaired) electrons. The van der Waals surface area contributed by atoms with Crippen LogP contribution in [0, 0.1) is 0 Å². The standard InChI is InChI=1S/C21H21NO4S/c1-3-5-14-10-21(24)26-19-12-16(8-9-18(14)19)25-13-20(23)22-15-6-4-7-17(11-15)27-2/h4,6-12H,3,5,13H2,1-2H3,(H,22,23). The van der Waals surface area contributed by atoms with Gasteiger partial charge in [-0.2, -0.15) is 0 Å². The lowest BCUT2D eigenvalue weighted by Gasteiger charge is -2.09. The molecule has 1 N–H and O–H groups in total. The van der Waals surface area contributed by atoms with Gasteiger partial charge >= 0.3 is 5.63 Å². The molecule has 0 aliphatic rings. The average molecular weight is 383 g/mol. The van der Waals surface area contributed by atoms with E-state index >= 15 is 0 Å². The van der Waals surface area contributed by atoms with Crippen LogP contribution in [0.4, 0.5) is 5.69 Å². The summed E-state index contributed by atoms with van der Waals surface area (Å²) in [7, 11) is 0. The second-order valence-electron chi connectivity index (χ2n) is 6.07. The van der Waals surface area contributed by atoms with Crippen molar-refractivity contribution in [3.8, 4) is 5.75 Å². The van der Waals surface area contributed by atoms with Crippen LogP contribution in [0.25, 0.3) is 11.0 Å². The zero-order chi connectivity index (χ0) is 19.2. The van der Waals surface area contributed by atoms with Crippen molar-refractivity contribution in [1.82, 2.24) is 0 Å². The molecule has 1 amide bonds. The molecule has 0 unspecified atom stereocenters. The molecule has 0 spiro atoms. The van der Waals surface area contributed by atoms with Crippen LogP contribution in [0.3, 0.4) is 0 Å². The van der Waals surface area contributed by atoms with E-state index in [-0.39, 0.29) is 18.1 Å². The number of rotatable bonds is 7. The molecule has 2 aromatic carbocycles. The molecule has 3 rings (SSSR count). The fraction of sp³-hybridized carbons (Fsp3) is 0.238. The van der Waals surface area contributed by atoms with Gasteiger partial charge in [0.2, 0.25) is 0 Å². The molecule has 0 fully saturated rings. The molecule has 140 valence electrons. The summed E-state index contributed by atoms with van der Waals surface area (Å²) >= 11 is 1.61. The van der Waals surface area contributed by atoms with E-state index in [1.165, 1.54) is 6.07 Å². The van der Waals surface area contributed by atoms with E-state index in [1.807, 2.05) is 36.6 Å². The molecule has 27 heavy (non-hydrogen) atoms. The lowest BCUT2D eigenvalue weighted by Crippen LogP contribution is -2.20. The number of carbonyl (C=O) groups is 1. The number of fused-ring (bicyclic) bond motifs is 1. The lowest BCUT2D eigenvalue weighted by molar-refractivity contribution is -0.118. The third kappa shape index (κ3) is 4.92. The number of amides is 1. The molecular formula is C21H21NO4S. The van der Waals surface area contributed by atoms with Gasteiger partial charge in [0.15, 0.2) is 6.61 Å². The number of hydrogen-bond donors (Lipinski definition) is 1. The first-order valence-electron chi connectivity index (χ1n) is 8.72. The van der Waals surface area contributed by atoms with Crippen LogP contribution in [0.5, 0.6) is 5.75 Å². The van der Waals surface area contributed by atoms with Crippen molar-refractivity contribution in [2.45, 2.75) is 24.7 Å². The van der Waals surface area contributed by atoms with Crippen LogP contribution in [0.1, 0.15) is 18.9 Å². The monoisotopic (exact) mass is 383 g/mol. The van der Waals surface area contributed by atoms with Crippen LogP contribution in [0.2, 0.25) is 0 Å². The number of aryl methyl sites for hydroxylation is 1. The zero-order valence-electron chi connectivity index (χ0n) is 15.3. The van der Waals surface area contributed by atoms with E-state index in [2.05, 4.69) is 12.2 Å². The van der Waals surface area contributed by atoms with Gasteiger partial charge in [-0.25, -0.2) is 4.79 Å². The van der Waals surface area contributed by atoms with Crippen LogP contribution in [0.15, 0.2) is 62.6 Å². The summed E-state index contributed by atoms with van der Waals surface area (Å²) < 4.78 is 10.8. The maximum atomic E-state index is 12.1. The highest BCUT2D eigenvalue weighted by Gasteiger charge is 2.09. The second kappa shape index (κ2) is 8.77. The van der Waals surface area contributed by atoms with Crippen LogP contribution >= 0.6 is 11.8 Å². The summed E-state index contributed by atoms with van der Waals surface area (Å²) in [5.74, 6) is 0.224. The zero-order valence-corrected chi connectivity index (χ0v) is 16.1. The summed E-state index contributed by atoms with van der Waals surface area (Å²) in [6.07, 6.45) is 3.72. The second-order valence-corrected chi connectivity index (χ2v) is 6.95. The van der Waals surface area contributed by atoms with Crippen molar-refractivity contribution in [2.24, 2.45) is 0 Å². The highest BCUT2D eigenvalue weighted by atomic mass is 32.2. The maximum Gasteiger partial charge on any atom is 0.336 e. The number of ether oxygens (including phenoxy) is 1. The SMILES string of the molecule is CCCc1cc(=O)oc2cc(OCC(=O)Nc3cccc(SC)c3)ccc12. The molecular weight excluding hydrogens is 362 g/mol. The molecule has 0 bridgehead atoms. The summed E-state index contributed by atoms with van der Waals surface area (Å²) in [5, 5.41) is 3.70. The Morgan fingerprint density at radius 3 is 2.81 bits per heavy atom. The summed E-state index contributed by atoms with van der Waals surface area (Å²) in [4.78, 5) is 24.9. The van der Waals surface area contributed by atoms with Crippen molar-refractivity contribution in [3.05, 3.63) is 64.5 Å². The molecule has 6 heteroatoms. The van der Waals surface area contributed by atoms with Crippen molar-refractivity contribution in [1.29, 1.82) is 0 Å². The summed E-state index contributed by atoms with van der Waals surface area (Å²) in [6, 6.07) is 14.4. The number of benzene rings is 2. The number of nitrogens with one attached hydrogen (secondary N) is 1. The topological polar surface area (TPSA) is 68.5 Å². The van der Waals surface area contributed by atoms with Gasteiger partial charge in [0.25, 0.3) is 5.91 Å². The van der Waals surface area contributed by atoms with Gasteiger partial charge in [0.1, 0.15) is 11.3 Å². The Morgan fingerprint density at radius 2 is 2.04 bits per heavy atom. The first-order valence-corrected chi connectivity index (χ1v) is 9.95. The van der Waals surface area contributed by atoms with Crippen LogP contribution < -0.4 is 15.7 Å². The summed E-state index contributed by atoms with van der Waals surface area (Å²) in [5.41, 5.74) is 1.77. The van der Waals surface area contributed by atoms with Crippen molar-refractivity contribution < 1.29 is 13.9 Å². The van der Waals surface area contributed by atoms with Crippen LogP contribution in [-0.2, 0) is 11.2 Å². The van der Waals surface area contributed by atoms with E-state index in [4.69, 9.17) is 9.15 Å². The van der Waals surface area contributed by atoms with E-state index in [0.717, 1.165) is 34.4 Å². The Bertz CT molecular complexity index is 1010. The van der Waals surface area contributed by atoms with Crippen molar-refractivity contribution in [2.75, 3.05) is 18.2 Å². The normalized spacial score (nSPS) is 10.7. The Labute approximate surface area is 161 Å². The maximum absolute atomic E-state index is 12.1. The minimum atomic E-state index is -0.380. The fourth-order valence-corrected chi connectivity index (χ4v) is 3.28. The largest absolute Gasteiger partial charge is 0.484 e. The molecule has 0 aliphatic carbocycles. The van der Waals surface area contributed by atoms with Gasteiger partial charge in [-0.1, -0.05) is 19.4 Å². The molecule has 0 atom stereocenters.